The van der Waals surface area contributed by atoms with Gasteiger partial charge in [-0.05, 0) is 37.3 Å². The third-order valence-corrected chi connectivity index (χ3v) is 5.45. The molecule has 0 saturated carbocycles. The Hall–Kier alpha value is -1.62. The summed E-state index contributed by atoms with van der Waals surface area (Å²) in [5.74, 6) is 0.653. The second kappa shape index (κ2) is 8.65. The molecule has 2 aromatic rings. The topological polar surface area (TPSA) is 28.5 Å². The molecule has 1 aliphatic heterocycles. The number of halogens is 1. The van der Waals surface area contributed by atoms with E-state index < -0.39 is 0 Å². The van der Waals surface area contributed by atoms with Crippen LogP contribution in [-0.4, -0.2) is 24.7 Å². The van der Waals surface area contributed by atoms with E-state index in [1.807, 2.05) is 24.3 Å². The summed E-state index contributed by atoms with van der Waals surface area (Å²) in [5.41, 5.74) is 2.34. The minimum absolute atomic E-state index is 0.544. The van der Waals surface area contributed by atoms with Crippen molar-refractivity contribution in [2.24, 2.45) is 5.92 Å². The third kappa shape index (κ3) is 5.18. The van der Waals surface area contributed by atoms with Gasteiger partial charge in [0.25, 0.3) is 0 Å². The van der Waals surface area contributed by atoms with Gasteiger partial charge in [0.2, 0.25) is 0 Å². The molecular formula is C20H25ClN3S+. The van der Waals surface area contributed by atoms with Gasteiger partial charge in [-0.2, -0.15) is 0 Å². The molecule has 3 nitrogen and oxygen atoms in total. The molecule has 5 heteroatoms. The summed E-state index contributed by atoms with van der Waals surface area (Å²) < 4.78 is 0. The lowest BCUT2D eigenvalue weighted by Crippen LogP contribution is -3.10. The summed E-state index contributed by atoms with van der Waals surface area (Å²) in [6.45, 7) is 5.64. The molecule has 3 atom stereocenters. The quantitative estimate of drug-likeness (QED) is 0.701. The van der Waals surface area contributed by atoms with Crippen molar-refractivity contribution in [1.82, 2.24) is 5.32 Å². The highest BCUT2D eigenvalue weighted by Crippen LogP contribution is 2.15. The minimum atomic E-state index is 0.544. The summed E-state index contributed by atoms with van der Waals surface area (Å²) in [6.07, 6.45) is 1.24. The Labute approximate surface area is 160 Å². The number of hydrogen-bond acceptors (Lipinski definition) is 1. The van der Waals surface area contributed by atoms with Crippen molar-refractivity contribution in [3.63, 3.8) is 0 Å². The van der Waals surface area contributed by atoms with E-state index in [1.54, 1.807) is 4.90 Å². The summed E-state index contributed by atoms with van der Waals surface area (Å²) in [5, 5.41) is 7.92. The minimum Gasteiger partial charge on any atom is -0.362 e. The number of thiocarbonyl (C=S) groups is 1. The van der Waals surface area contributed by atoms with Gasteiger partial charge < -0.3 is 15.5 Å². The first kappa shape index (κ1) is 18.2. The van der Waals surface area contributed by atoms with Crippen molar-refractivity contribution in [3.8, 4) is 0 Å². The van der Waals surface area contributed by atoms with E-state index in [1.165, 1.54) is 25.1 Å². The average molecular weight is 375 g/mol. The fourth-order valence-electron chi connectivity index (χ4n) is 3.49. The van der Waals surface area contributed by atoms with Crippen LogP contribution < -0.4 is 15.5 Å². The molecule has 0 amide bonds. The molecule has 2 aromatic carbocycles. The molecule has 3 N–H and O–H groups in total. The summed E-state index contributed by atoms with van der Waals surface area (Å²) in [4.78, 5) is 1.66. The van der Waals surface area contributed by atoms with Crippen molar-refractivity contribution >= 4 is 34.6 Å². The highest BCUT2D eigenvalue weighted by atomic mass is 35.5. The van der Waals surface area contributed by atoms with Crippen LogP contribution in [0.5, 0.6) is 0 Å². The van der Waals surface area contributed by atoms with Gasteiger partial charge in [0.05, 0.1) is 13.1 Å². The first-order chi connectivity index (χ1) is 12.1. The Morgan fingerprint density at radius 3 is 2.80 bits per heavy atom. The van der Waals surface area contributed by atoms with Crippen LogP contribution in [0.25, 0.3) is 0 Å². The van der Waals surface area contributed by atoms with Gasteiger partial charge in [-0.25, -0.2) is 0 Å². The van der Waals surface area contributed by atoms with Gasteiger partial charge in [-0.15, -0.1) is 0 Å². The fraction of sp³-hybridized carbons (Fsp3) is 0.350. The third-order valence-electron chi connectivity index (χ3n) is 4.97. The largest absolute Gasteiger partial charge is 0.362 e. The van der Waals surface area contributed by atoms with Crippen molar-refractivity contribution in [2.75, 3.05) is 25.0 Å². The molecule has 3 rings (SSSR count). The van der Waals surface area contributed by atoms with Crippen molar-refractivity contribution in [2.45, 2.75) is 19.4 Å². The number of rotatable bonds is 5. The number of anilines is 1. The van der Waals surface area contributed by atoms with E-state index in [0.29, 0.717) is 22.1 Å². The molecule has 25 heavy (non-hydrogen) atoms. The van der Waals surface area contributed by atoms with Crippen LogP contribution >= 0.6 is 23.8 Å². The van der Waals surface area contributed by atoms with E-state index in [0.717, 1.165) is 12.2 Å². The summed E-state index contributed by atoms with van der Waals surface area (Å²) in [6, 6.07) is 18.9. The number of quaternary nitrogens is 1. The van der Waals surface area contributed by atoms with Crippen molar-refractivity contribution in [1.29, 1.82) is 0 Å². The molecule has 3 unspecified atom stereocenters. The predicted molar refractivity (Wildman–Crippen MR) is 109 cm³/mol. The molecule has 1 saturated heterocycles. The first-order valence-electron chi connectivity index (χ1n) is 8.82. The molecule has 0 radical (unpaired) electrons. The van der Waals surface area contributed by atoms with Crippen LogP contribution in [0, 0.1) is 5.92 Å². The van der Waals surface area contributed by atoms with Crippen LogP contribution in [0.3, 0.4) is 0 Å². The Morgan fingerprint density at radius 1 is 1.24 bits per heavy atom. The van der Waals surface area contributed by atoms with Gasteiger partial charge in [0.1, 0.15) is 6.04 Å². The van der Waals surface area contributed by atoms with Crippen LogP contribution in [0.4, 0.5) is 5.69 Å². The summed E-state index contributed by atoms with van der Waals surface area (Å²) in [7, 11) is 0. The Balaban J connectivity index is 1.44. The van der Waals surface area contributed by atoms with Crippen molar-refractivity contribution < 1.29 is 4.90 Å². The molecule has 0 bridgehead atoms. The Kier molecular flexibility index (Phi) is 6.29. The van der Waals surface area contributed by atoms with Crippen molar-refractivity contribution in [3.05, 3.63) is 65.2 Å². The van der Waals surface area contributed by atoms with E-state index in [2.05, 4.69) is 47.9 Å². The lowest BCUT2D eigenvalue weighted by Gasteiger charge is -2.22. The normalized spacial score (nSPS) is 20.9. The van der Waals surface area contributed by atoms with Gasteiger partial charge in [0.15, 0.2) is 5.11 Å². The zero-order chi connectivity index (χ0) is 17.6. The Morgan fingerprint density at radius 2 is 2.04 bits per heavy atom. The lowest BCUT2D eigenvalue weighted by atomic mass is 10.1. The monoisotopic (exact) mass is 374 g/mol. The van der Waals surface area contributed by atoms with Crippen LogP contribution in [0.15, 0.2) is 54.6 Å². The predicted octanol–water partition coefficient (Wildman–Crippen LogP) is 3.29. The van der Waals surface area contributed by atoms with E-state index in [9.17, 15) is 0 Å². The number of hydrogen-bond donors (Lipinski definition) is 3. The maximum Gasteiger partial charge on any atom is 0.170 e. The SMILES string of the molecule is CC(c1ccccc1)[NH+]1CCC(CNC(=S)Nc2cccc(Cl)c2)C1. The number of benzene rings is 2. The standard InChI is InChI=1S/C20H24ClN3S/c1-15(17-6-3-2-4-7-17)24-11-10-16(14-24)13-22-20(25)23-19-9-5-8-18(21)12-19/h2-9,12,15-16H,10-11,13-14H2,1H3,(H2,22,23,25)/p+1. The second-order valence-electron chi connectivity index (χ2n) is 6.74. The van der Waals surface area contributed by atoms with Gasteiger partial charge in [-0.1, -0.05) is 48.0 Å². The zero-order valence-electron chi connectivity index (χ0n) is 14.5. The first-order valence-corrected chi connectivity index (χ1v) is 9.60. The molecule has 1 fully saturated rings. The lowest BCUT2D eigenvalue weighted by molar-refractivity contribution is -0.919. The van der Waals surface area contributed by atoms with Crippen LogP contribution in [0.1, 0.15) is 24.9 Å². The molecule has 1 heterocycles. The highest BCUT2D eigenvalue weighted by molar-refractivity contribution is 7.80. The van der Waals surface area contributed by atoms with Crippen LogP contribution in [-0.2, 0) is 0 Å². The second-order valence-corrected chi connectivity index (χ2v) is 7.59. The Bertz CT molecular complexity index is 707. The maximum atomic E-state index is 6.00. The number of likely N-dealkylation sites (tertiary alicyclic amines) is 1. The fourth-order valence-corrected chi connectivity index (χ4v) is 3.88. The zero-order valence-corrected chi connectivity index (χ0v) is 16.0. The average Bonchev–Trinajstić information content (AvgIpc) is 3.09. The summed E-state index contributed by atoms with van der Waals surface area (Å²) >= 11 is 11.4. The van der Waals surface area contributed by atoms with E-state index in [4.69, 9.17) is 23.8 Å². The van der Waals surface area contributed by atoms with Gasteiger partial charge >= 0.3 is 0 Å². The smallest absolute Gasteiger partial charge is 0.170 e. The van der Waals surface area contributed by atoms with Gasteiger partial charge in [-0.3, -0.25) is 0 Å². The molecule has 1 aliphatic rings. The highest BCUT2D eigenvalue weighted by Gasteiger charge is 2.30. The molecule has 0 aromatic heterocycles. The van der Waals surface area contributed by atoms with Crippen LogP contribution in [0.2, 0.25) is 5.02 Å². The van der Waals surface area contributed by atoms with Gasteiger partial charge in [0, 0.05) is 35.2 Å². The molecule has 0 aliphatic carbocycles. The molecule has 0 spiro atoms. The van der Waals surface area contributed by atoms with E-state index in [-0.39, 0.29) is 0 Å². The molecular weight excluding hydrogens is 350 g/mol. The number of nitrogens with one attached hydrogen (secondary N) is 3. The molecule has 132 valence electrons. The maximum absolute atomic E-state index is 6.00. The van der Waals surface area contributed by atoms with E-state index >= 15 is 0 Å².